The highest BCUT2D eigenvalue weighted by atomic mass is 16.4. The first-order valence-electron chi connectivity index (χ1n) is 9.71. The Hall–Kier alpha value is -3.48. The SMILES string of the molecule is O=C(CCCc1ccccc1)Nc1nnc(C2CC(=O)N(c3ccccc3)C2)o1. The lowest BCUT2D eigenvalue weighted by atomic mass is 10.1. The van der Waals surface area contributed by atoms with Crippen LogP contribution in [0.4, 0.5) is 11.7 Å². The normalized spacial score (nSPS) is 16.2. The van der Waals surface area contributed by atoms with E-state index in [0.717, 1.165) is 18.5 Å². The molecule has 2 amide bonds. The summed E-state index contributed by atoms with van der Waals surface area (Å²) in [7, 11) is 0. The molecule has 0 spiro atoms. The zero-order chi connectivity index (χ0) is 20.1. The van der Waals surface area contributed by atoms with E-state index in [-0.39, 0.29) is 23.7 Å². The Morgan fingerprint density at radius 2 is 1.79 bits per heavy atom. The van der Waals surface area contributed by atoms with E-state index >= 15 is 0 Å². The van der Waals surface area contributed by atoms with Gasteiger partial charge in [-0.05, 0) is 30.5 Å². The van der Waals surface area contributed by atoms with Gasteiger partial charge in [0.1, 0.15) is 0 Å². The van der Waals surface area contributed by atoms with Gasteiger partial charge < -0.3 is 9.32 Å². The van der Waals surface area contributed by atoms with Crippen molar-refractivity contribution >= 4 is 23.5 Å². The van der Waals surface area contributed by atoms with Crippen LogP contribution in [0.3, 0.4) is 0 Å². The second-order valence-electron chi connectivity index (χ2n) is 7.07. The molecule has 3 aromatic rings. The van der Waals surface area contributed by atoms with Crippen LogP contribution in [0.1, 0.15) is 36.6 Å². The van der Waals surface area contributed by atoms with Crippen molar-refractivity contribution in [3.63, 3.8) is 0 Å². The molecule has 7 heteroatoms. The molecule has 29 heavy (non-hydrogen) atoms. The minimum Gasteiger partial charge on any atom is -0.407 e. The first-order chi connectivity index (χ1) is 14.2. The van der Waals surface area contributed by atoms with Gasteiger partial charge in [-0.1, -0.05) is 53.6 Å². The Morgan fingerprint density at radius 1 is 1.07 bits per heavy atom. The third-order valence-electron chi connectivity index (χ3n) is 4.94. The number of carbonyl (C=O) groups excluding carboxylic acids is 2. The zero-order valence-electron chi connectivity index (χ0n) is 16.0. The zero-order valence-corrected chi connectivity index (χ0v) is 16.0. The van der Waals surface area contributed by atoms with E-state index < -0.39 is 0 Å². The largest absolute Gasteiger partial charge is 0.407 e. The van der Waals surface area contributed by atoms with E-state index in [4.69, 9.17) is 4.42 Å². The smallest absolute Gasteiger partial charge is 0.322 e. The number of benzene rings is 2. The van der Waals surface area contributed by atoms with Crippen molar-refractivity contribution in [1.29, 1.82) is 0 Å². The molecule has 0 radical (unpaired) electrons. The van der Waals surface area contributed by atoms with Crippen molar-refractivity contribution in [1.82, 2.24) is 10.2 Å². The highest BCUT2D eigenvalue weighted by molar-refractivity contribution is 5.96. The Bertz CT molecular complexity index is 972. The van der Waals surface area contributed by atoms with Gasteiger partial charge in [0, 0.05) is 25.1 Å². The minimum atomic E-state index is -0.182. The van der Waals surface area contributed by atoms with Crippen LogP contribution in [-0.2, 0) is 16.0 Å². The number of hydrogen-bond acceptors (Lipinski definition) is 5. The summed E-state index contributed by atoms with van der Waals surface area (Å²) in [5, 5.41) is 10.6. The third-order valence-corrected chi connectivity index (χ3v) is 4.94. The summed E-state index contributed by atoms with van der Waals surface area (Å²) < 4.78 is 5.60. The quantitative estimate of drug-likeness (QED) is 0.666. The molecule has 1 aromatic heterocycles. The van der Waals surface area contributed by atoms with Gasteiger partial charge in [0.15, 0.2) is 0 Å². The maximum atomic E-state index is 12.3. The van der Waals surface area contributed by atoms with Crippen LogP contribution in [0, 0.1) is 0 Å². The van der Waals surface area contributed by atoms with Crippen LogP contribution in [0.15, 0.2) is 65.1 Å². The van der Waals surface area contributed by atoms with Crippen LogP contribution in [0.2, 0.25) is 0 Å². The number of amides is 2. The Morgan fingerprint density at radius 3 is 2.55 bits per heavy atom. The van der Waals surface area contributed by atoms with Gasteiger partial charge in [0.2, 0.25) is 17.7 Å². The summed E-state index contributed by atoms with van der Waals surface area (Å²) >= 11 is 0. The lowest BCUT2D eigenvalue weighted by Crippen LogP contribution is -2.24. The van der Waals surface area contributed by atoms with Crippen molar-refractivity contribution in [2.75, 3.05) is 16.8 Å². The van der Waals surface area contributed by atoms with Crippen molar-refractivity contribution < 1.29 is 14.0 Å². The first kappa shape index (κ1) is 18.9. The number of carbonyl (C=O) groups is 2. The van der Waals surface area contributed by atoms with Gasteiger partial charge in [-0.3, -0.25) is 14.9 Å². The fraction of sp³-hybridized carbons (Fsp3) is 0.273. The standard InChI is InChI=1S/C22H22N4O3/c27-19(13-7-10-16-8-3-1-4-9-16)23-22-25-24-21(29-22)17-14-20(28)26(15-17)18-11-5-2-6-12-18/h1-6,8-9,11-12,17H,7,10,13-15H2,(H,23,25,27). The second-order valence-corrected chi connectivity index (χ2v) is 7.07. The van der Waals surface area contributed by atoms with Crippen molar-refractivity contribution in [2.45, 2.75) is 31.6 Å². The maximum Gasteiger partial charge on any atom is 0.322 e. The Balaban J connectivity index is 1.29. The van der Waals surface area contributed by atoms with E-state index in [0.29, 0.717) is 25.3 Å². The molecule has 1 aliphatic rings. The van der Waals surface area contributed by atoms with Gasteiger partial charge in [0.05, 0.1) is 5.92 Å². The summed E-state index contributed by atoms with van der Waals surface area (Å²) in [6.07, 6.45) is 2.25. The molecule has 1 fully saturated rings. The molecule has 1 N–H and O–H groups in total. The number of anilines is 2. The monoisotopic (exact) mass is 390 g/mol. The Kier molecular flexibility index (Phi) is 5.65. The van der Waals surface area contributed by atoms with Crippen molar-refractivity contribution in [3.8, 4) is 0 Å². The van der Waals surface area contributed by atoms with Gasteiger partial charge in [0.25, 0.3) is 0 Å². The number of rotatable bonds is 7. The molecule has 4 rings (SSSR count). The van der Waals surface area contributed by atoms with E-state index in [2.05, 4.69) is 15.5 Å². The van der Waals surface area contributed by atoms with Gasteiger partial charge >= 0.3 is 6.01 Å². The number of hydrogen-bond donors (Lipinski definition) is 1. The summed E-state index contributed by atoms with van der Waals surface area (Å²) in [4.78, 5) is 26.2. The van der Waals surface area contributed by atoms with Crippen LogP contribution in [0.5, 0.6) is 0 Å². The summed E-state index contributed by atoms with van der Waals surface area (Å²) in [5.74, 6) is 0.0470. The average molecular weight is 390 g/mol. The minimum absolute atomic E-state index is 0.0193. The van der Waals surface area contributed by atoms with E-state index in [1.807, 2.05) is 60.7 Å². The maximum absolute atomic E-state index is 12.3. The van der Waals surface area contributed by atoms with Crippen LogP contribution >= 0.6 is 0 Å². The number of aryl methyl sites for hydroxylation is 1. The molecule has 0 aliphatic carbocycles. The van der Waals surface area contributed by atoms with E-state index in [1.165, 1.54) is 5.56 Å². The van der Waals surface area contributed by atoms with E-state index in [1.54, 1.807) is 4.90 Å². The first-order valence-corrected chi connectivity index (χ1v) is 9.71. The molecule has 2 aromatic carbocycles. The molecule has 7 nitrogen and oxygen atoms in total. The fourth-order valence-electron chi connectivity index (χ4n) is 3.46. The number of para-hydroxylation sites is 1. The van der Waals surface area contributed by atoms with Crippen LogP contribution < -0.4 is 10.2 Å². The molecule has 1 atom stereocenters. The number of nitrogens with zero attached hydrogens (tertiary/aromatic N) is 3. The number of nitrogens with one attached hydrogen (secondary N) is 1. The third kappa shape index (κ3) is 4.68. The lowest BCUT2D eigenvalue weighted by molar-refractivity contribution is -0.117. The van der Waals surface area contributed by atoms with Crippen molar-refractivity contribution in [2.24, 2.45) is 0 Å². The molecule has 2 heterocycles. The van der Waals surface area contributed by atoms with Gasteiger partial charge in [-0.15, -0.1) is 5.10 Å². The molecular weight excluding hydrogens is 368 g/mol. The molecule has 148 valence electrons. The molecule has 0 saturated carbocycles. The van der Waals surface area contributed by atoms with Crippen LogP contribution in [0.25, 0.3) is 0 Å². The summed E-state index contributed by atoms with van der Waals surface area (Å²) in [6, 6.07) is 19.6. The predicted octanol–water partition coefficient (Wildman–Crippen LogP) is 3.55. The fourth-order valence-corrected chi connectivity index (χ4v) is 3.46. The average Bonchev–Trinajstić information content (AvgIpc) is 3.36. The number of aromatic nitrogens is 2. The van der Waals surface area contributed by atoms with Gasteiger partial charge in [-0.2, -0.15) is 0 Å². The Labute approximate surface area is 168 Å². The molecule has 0 bridgehead atoms. The predicted molar refractivity (Wildman–Crippen MR) is 108 cm³/mol. The van der Waals surface area contributed by atoms with E-state index in [9.17, 15) is 9.59 Å². The highest BCUT2D eigenvalue weighted by Gasteiger charge is 2.35. The lowest BCUT2D eigenvalue weighted by Gasteiger charge is -2.15. The molecular formula is C22H22N4O3. The molecule has 1 saturated heterocycles. The topological polar surface area (TPSA) is 88.3 Å². The van der Waals surface area contributed by atoms with Gasteiger partial charge in [-0.25, -0.2) is 0 Å². The highest BCUT2D eigenvalue weighted by Crippen LogP contribution is 2.31. The van der Waals surface area contributed by atoms with Crippen molar-refractivity contribution in [3.05, 3.63) is 72.1 Å². The second kappa shape index (κ2) is 8.68. The molecule has 1 unspecified atom stereocenters. The summed E-state index contributed by atoms with van der Waals surface area (Å²) in [6.45, 7) is 0.482. The summed E-state index contributed by atoms with van der Waals surface area (Å²) in [5.41, 5.74) is 2.06. The molecule has 1 aliphatic heterocycles. The van der Waals surface area contributed by atoms with Crippen LogP contribution in [-0.4, -0.2) is 28.6 Å².